The largest absolute Gasteiger partial charge is 0.485 e. The van der Waals surface area contributed by atoms with E-state index in [1.807, 2.05) is 29.2 Å². The number of pyridine rings is 1. The number of ether oxygens (including phenoxy) is 1. The number of aromatic nitrogens is 1. The molecule has 1 N–H and O–H groups in total. The monoisotopic (exact) mass is 459 g/mol. The molecule has 0 bridgehead atoms. The molecule has 7 heteroatoms. The molecule has 2 fully saturated rings. The molecule has 1 aromatic heterocycles. The zero-order valence-corrected chi connectivity index (χ0v) is 19.2. The summed E-state index contributed by atoms with van der Waals surface area (Å²) in [5.41, 5.74) is 1.44. The van der Waals surface area contributed by atoms with Crippen LogP contribution in [0.5, 0.6) is 5.75 Å². The highest BCUT2D eigenvalue weighted by atomic mass is 16.5. The van der Waals surface area contributed by atoms with Crippen LogP contribution in [0.1, 0.15) is 53.6 Å². The summed E-state index contributed by atoms with van der Waals surface area (Å²) in [6, 6.07) is 9.51. The van der Waals surface area contributed by atoms with Gasteiger partial charge in [0.1, 0.15) is 11.4 Å². The van der Waals surface area contributed by atoms with Crippen molar-refractivity contribution in [3.8, 4) is 18.1 Å². The number of terminal acetylenes is 1. The normalized spacial score (nSPS) is 23.5. The van der Waals surface area contributed by atoms with E-state index in [2.05, 4.69) is 10.9 Å². The fourth-order valence-electron chi connectivity index (χ4n) is 5.42. The minimum Gasteiger partial charge on any atom is -0.485 e. The number of nitrogens with zero attached hydrogens (tertiary/aromatic N) is 3. The van der Waals surface area contributed by atoms with Gasteiger partial charge in [0.2, 0.25) is 5.91 Å². The Kier molecular flexibility index (Phi) is 6.01. The van der Waals surface area contributed by atoms with Crippen LogP contribution < -0.4 is 4.74 Å². The van der Waals surface area contributed by atoms with Crippen LogP contribution in [0.2, 0.25) is 0 Å². The van der Waals surface area contributed by atoms with Gasteiger partial charge in [0.15, 0.2) is 0 Å². The Morgan fingerprint density at radius 3 is 2.68 bits per heavy atom. The van der Waals surface area contributed by atoms with Gasteiger partial charge in [-0.3, -0.25) is 14.6 Å². The molecule has 7 nitrogen and oxygen atoms in total. The van der Waals surface area contributed by atoms with Gasteiger partial charge < -0.3 is 19.6 Å². The van der Waals surface area contributed by atoms with E-state index in [1.54, 1.807) is 23.4 Å². The topological polar surface area (TPSA) is 83.0 Å². The van der Waals surface area contributed by atoms with E-state index in [-0.39, 0.29) is 17.7 Å². The first-order valence-electron chi connectivity index (χ1n) is 11.9. The van der Waals surface area contributed by atoms with Crippen molar-refractivity contribution in [3.05, 3.63) is 59.4 Å². The van der Waals surface area contributed by atoms with Gasteiger partial charge in [-0.05, 0) is 31.4 Å². The minimum absolute atomic E-state index is 0.000331. The molecular formula is C27H29N3O4. The molecular weight excluding hydrogens is 430 g/mol. The number of fused-ring (bicyclic) bond motifs is 1. The quantitative estimate of drug-likeness (QED) is 0.698. The van der Waals surface area contributed by atoms with Crippen LogP contribution in [-0.2, 0) is 11.3 Å². The number of likely N-dealkylation sites (tertiary alicyclic amines) is 1. The van der Waals surface area contributed by atoms with Gasteiger partial charge in [-0.1, -0.05) is 24.1 Å². The van der Waals surface area contributed by atoms with Gasteiger partial charge in [-0.25, -0.2) is 0 Å². The molecule has 2 atom stereocenters. The van der Waals surface area contributed by atoms with E-state index in [4.69, 9.17) is 11.2 Å². The second-order valence-corrected chi connectivity index (χ2v) is 9.59. The molecule has 1 spiro atoms. The Morgan fingerprint density at radius 1 is 1.15 bits per heavy atom. The average Bonchev–Trinajstić information content (AvgIpc) is 3.22. The van der Waals surface area contributed by atoms with Crippen molar-refractivity contribution in [1.82, 2.24) is 14.8 Å². The predicted octanol–water partition coefficient (Wildman–Crippen LogP) is 2.62. The van der Waals surface area contributed by atoms with Crippen molar-refractivity contribution >= 4 is 11.8 Å². The summed E-state index contributed by atoms with van der Waals surface area (Å²) in [7, 11) is 0. The molecule has 2 amide bonds. The number of para-hydroxylation sites is 1. The third-order valence-electron chi connectivity index (χ3n) is 7.36. The van der Waals surface area contributed by atoms with Crippen LogP contribution in [-0.4, -0.2) is 63.0 Å². The number of rotatable bonds is 2. The van der Waals surface area contributed by atoms with Crippen molar-refractivity contribution in [2.24, 2.45) is 5.92 Å². The number of piperidine rings is 1. The van der Waals surface area contributed by atoms with Crippen molar-refractivity contribution in [3.63, 3.8) is 0 Å². The SMILES string of the molecule is C#Cc1cncc(C(=O)N2CCC3(CC2)CN(C(=O)C2CCCC2O)Cc2ccccc2O3)c1. The molecule has 1 aromatic carbocycles. The van der Waals surface area contributed by atoms with Gasteiger partial charge in [0, 0.05) is 56.0 Å². The molecule has 2 aliphatic heterocycles. The summed E-state index contributed by atoms with van der Waals surface area (Å²) in [5, 5.41) is 10.4. The molecule has 3 heterocycles. The van der Waals surface area contributed by atoms with Gasteiger partial charge in [0.05, 0.1) is 24.1 Å². The third kappa shape index (κ3) is 4.26. The number of aliphatic hydroxyl groups excluding tert-OH is 1. The number of aliphatic hydroxyl groups is 1. The van der Waals surface area contributed by atoms with Gasteiger partial charge in [0.25, 0.3) is 5.91 Å². The predicted molar refractivity (Wildman–Crippen MR) is 126 cm³/mol. The molecule has 1 aliphatic carbocycles. The zero-order valence-electron chi connectivity index (χ0n) is 19.2. The van der Waals surface area contributed by atoms with Gasteiger partial charge >= 0.3 is 0 Å². The summed E-state index contributed by atoms with van der Waals surface area (Å²) in [5.74, 6) is 2.86. The number of benzene rings is 1. The fourth-order valence-corrected chi connectivity index (χ4v) is 5.42. The maximum Gasteiger partial charge on any atom is 0.255 e. The van der Waals surface area contributed by atoms with Gasteiger partial charge in [-0.15, -0.1) is 6.42 Å². The third-order valence-corrected chi connectivity index (χ3v) is 7.36. The maximum absolute atomic E-state index is 13.4. The van der Waals surface area contributed by atoms with E-state index in [0.717, 1.165) is 24.2 Å². The molecule has 176 valence electrons. The molecule has 5 rings (SSSR count). The first-order chi connectivity index (χ1) is 16.5. The highest BCUT2D eigenvalue weighted by Gasteiger charge is 2.45. The van der Waals surface area contributed by atoms with Crippen molar-refractivity contribution in [1.29, 1.82) is 0 Å². The fraction of sp³-hybridized carbons (Fsp3) is 0.444. The van der Waals surface area contributed by atoms with Crippen LogP contribution in [0.4, 0.5) is 0 Å². The highest BCUT2D eigenvalue weighted by molar-refractivity contribution is 5.94. The van der Waals surface area contributed by atoms with Crippen LogP contribution in [0.3, 0.4) is 0 Å². The lowest BCUT2D eigenvalue weighted by atomic mass is 9.89. The van der Waals surface area contributed by atoms with E-state index in [9.17, 15) is 14.7 Å². The molecule has 1 saturated heterocycles. The lowest BCUT2D eigenvalue weighted by Gasteiger charge is -2.43. The van der Waals surface area contributed by atoms with Crippen LogP contribution >= 0.6 is 0 Å². The first kappa shape index (κ1) is 22.4. The summed E-state index contributed by atoms with van der Waals surface area (Å²) >= 11 is 0. The standard InChI is InChI=1S/C27H29N3O4/c1-2-19-14-21(16-28-15-19)25(32)29-12-10-27(11-13-29)18-30(26(33)22-7-5-8-23(22)31)17-20-6-3-4-9-24(20)34-27/h1,3-4,6,9,14-16,22-23,31H,5,7-8,10-13,17-18H2. The number of amides is 2. The van der Waals surface area contributed by atoms with E-state index in [0.29, 0.717) is 56.6 Å². The summed E-state index contributed by atoms with van der Waals surface area (Å²) in [4.78, 5) is 34.3. The summed E-state index contributed by atoms with van der Waals surface area (Å²) in [6.07, 6.45) is 11.5. The van der Waals surface area contributed by atoms with Crippen molar-refractivity contribution in [2.75, 3.05) is 19.6 Å². The molecule has 34 heavy (non-hydrogen) atoms. The Hall–Kier alpha value is -3.37. The second-order valence-electron chi connectivity index (χ2n) is 9.59. The molecule has 0 radical (unpaired) electrons. The summed E-state index contributed by atoms with van der Waals surface area (Å²) < 4.78 is 6.59. The van der Waals surface area contributed by atoms with Crippen LogP contribution in [0.15, 0.2) is 42.7 Å². The van der Waals surface area contributed by atoms with Crippen LogP contribution in [0.25, 0.3) is 0 Å². The Balaban J connectivity index is 1.36. The van der Waals surface area contributed by atoms with Gasteiger partial charge in [-0.2, -0.15) is 0 Å². The zero-order chi connectivity index (χ0) is 23.7. The molecule has 3 aliphatic rings. The van der Waals surface area contributed by atoms with Crippen molar-refractivity contribution < 1.29 is 19.4 Å². The Morgan fingerprint density at radius 2 is 1.94 bits per heavy atom. The van der Waals surface area contributed by atoms with E-state index >= 15 is 0 Å². The second kappa shape index (κ2) is 9.11. The lowest BCUT2D eigenvalue weighted by Crippen LogP contribution is -2.56. The number of hydrogen-bond acceptors (Lipinski definition) is 5. The molecule has 2 aromatic rings. The van der Waals surface area contributed by atoms with E-state index in [1.165, 1.54) is 0 Å². The Bertz CT molecular complexity index is 1130. The van der Waals surface area contributed by atoms with Crippen molar-refractivity contribution in [2.45, 2.75) is 50.4 Å². The average molecular weight is 460 g/mol. The Labute approximate surface area is 199 Å². The highest BCUT2D eigenvalue weighted by Crippen LogP contribution is 2.37. The minimum atomic E-state index is -0.582. The smallest absolute Gasteiger partial charge is 0.255 e. The number of hydrogen-bond donors (Lipinski definition) is 1. The van der Waals surface area contributed by atoms with E-state index < -0.39 is 11.7 Å². The van der Waals surface area contributed by atoms with Crippen LogP contribution in [0, 0.1) is 18.3 Å². The number of carbonyl (C=O) groups excluding carboxylic acids is 2. The molecule has 2 unspecified atom stereocenters. The number of carbonyl (C=O) groups is 2. The molecule has 1 saturated carbocycles. The maximum atomic E-state index is 13.4. The first-order valence-corrected chi connectivity index (χ1v) is 11.9. The summed E-state index contributed by atoms with van der Waals surface area (Å²) in [6.45, 7) is 1.93. The lowest BCUT2D eigenvalue weighted by molar-refractivity contribution is -0.142.